The summed E-state index contributed by atoms with van der Waals surface area (Å²) in [6, 6.07) is 5.53. The maximum atomic E-state index is 13.7. The van der Waals surface area contributed by atoms with Crippen molar-refractivity contribution in [2.45, 2.75) is 56.2 Å². The molecule has 4 aromatic rings. The van der Waals surface area contributed by atoms with Gasteiger partial charge in [0.1, 0.15) is 12.1 Å². The van der Waals surface area contributed by atoms with E-state index in [4.69, 9.17) is 4.74 Å². The van der Waals surface area contributed by atoms with E-state index in [9.17, 15) is 32.7 Å². The van der Waals surface area contributed by atoms with Crippen molar-refractivity contribution < 1.29 is 27.8 Å². The van der Waals surface area contributed by atoms with E-state index in [0.717, 1.165) is 9.13 Å². The topological polar surface area (TPSA) is 129 Å². The van der Waals surface area contributed by atoms with Crippen molar-refractivity contribution in [2.24, 2.45) is 14.1 Å². The zero-order valence-corrected chi connectivity index (χ0v) is 23.3. The lowest BCUT2D eigenvalue weighted by atomic mass is 9.77. The summed E-state index contributed by atoms with van der Waals surface area (Å²) in [4.78, 5) is 48.2. The molecule has 1 N–H and O–H groups in total. The lowest BCUT2D eigenvalue weighted by Crippen LogP contribution is -2.58. The van der Waals surface area contributed by atoms with Crippen LogP contribution in [0, 0.1) is 0 Å². The van der Waals surface area contributed by atoms with Crippen LogP contribution in [0.3, 0.4) is 0 Å². The summed E-state index contributed by atoms with van der Waals surface area (Å²) in [5, 5.41) is 11.3. The van der Waals surface area contributed by atoms with Crippen LogP contribution in [-0.2, 0) is 36.3 Å². The summed E-state index contributed by atoms with van der Waals surface area (Å²) in [6.45, 7) is 1.53. The quantitative estimate of drug-likeness (QED) is 0.384. The zero-order valence-electron chi connectivity index (χ0n) is 23.3. The number of aryl methyl sites for hydroxylation is 1. The third-order valence-corrected chi connectivity index (χ3v) is 8.69. The molecule has 1 amide bonds. The van der Waals surface area contributed by atoms with Crippen molar-refractivity contribution in [2.75, 3.05) is 19.7 Å². The van der Waals surface area contributed by atoms with E-state index < -0.39 is 52.9 Å². The predicted molar refractivity (Wildman–Crippen MR) is 144 cm³/mol. The molecular weight excluding hydrogens is 559 g/mol. The van der Waals surface area contributed by atoms with E-state index in [1.807, 2.05) is 0 Å². The lowest BCUT2D eigenvalue weighted by Gasteiger charge is -2.51. The number of aliphatic hydroxyl groups is 1. The van der Waals surface area contributed by atoms with Crippen molar-refractivity contribution in [1.29, 1.82) is 0 Å². The number of aromatic nitrogens is 6. The van der Waals surface area contributed by atoms with Crippen molar-refractivity contribution in [1.82, 2.24) is 33.1 Å². The van der Waals surface area contributed by atoms with Gasteiger partial charge in [0.25, 0.3) is 5.56 Å². The number of nitrogens with zero attached hydrogens (tertiary/aromatic N) is 7. The molecule has 2 aliphatic rings. The van der Waals surface area contributed by atoms with Crippen LogP contribution in [0.5, 0.6) is 0 Å². The summed E-state index contributed by atoms with van der Waals surface area (Å²) < 4.78 is 52.1. The molecule has 0 aliphatic carbocycles. The zero-order chi connectivity index (χ0) is 30.2. The van der Waals surface area contributed by atoms with E-state index in [1.54, 1.807) is 23.6 Å². The number of piperidine rings is 1. The van der Waals surface area contributed by atoms with Crippen LogP contribution >= 0.6 is 0 Å². The molecule has 224 valence electrons. The van der Waals surface area contributed by atoms with Crippen LogP contribution in [0.2, 0.25) is 0 Å². The Bertz CT molecular complexity index is 1830. The van der Waals surface area contributed by atoms with Gasteiger partial charge in [-0.1, -0.05) is 12.1 Å². The number of rotatable bonds is 3. The number of fused-ring (bicyclic) bond motifs is 2. The largest absolute Gasteiger partial charge is 0.449 e. The average Bonchev–Trinajstić information content (AvgIpc) is 3.55. The highest BCUT2D eigenvalue weighted by atomic mass is 19.4. The molecule has 2 aliphatic heterocycles. The highest BCUT2D eigenvalue weighted by Crippen LogP contribution is 2.44. The first-order valence-corrected chi connectivity index (χ1v) is 13.5. The molecule has 5 heterocycles. The standard InChI is InChI=1S/C27H30F3N7O5/c1-25(41)14-42-26(12-18(25)37-15-31-21-20(37)22(39)34(3)24(40)33(21)2)8-10-35(11-9-26)19(38)13-36-17-7-5-4-6-16(17)32-23(36)27(28,29)30/h4-7,15,18,41H,8-14H2,1-3H3/t18-,25-/m0/s1. The first-order valence-electron chi connectivity index (χ1n) is 13.5. The van der Waals surface area contributed by atoms with Crippen LogP contribution in [0.1, 0.15) is 38.1 Å². The maximum absolute atomic E-state index is 13.7. The fourth-order valence-corrected chi connectivity index (χ4v) is 6.22. The van der Waals surface area contributed by atoms with Gasteiger partial charge < -0.3 is 23.9 Å². The van der Waals surface area contributed by atoms with Gasteiger partial charge in [0.2, 0.25) is 11.7 Å². The van der Waals surface area contributed by atoms with Gasteiger partial charge in [-0.3, -0.25) is 18.7 Å². The van der Waals surface area contributed by atoms with Gasteiger partial charge in [-0.05, 0) is 31.9 Å². The SMILES string of the molecule is Cn1c(=O)c2c(ncn2[C@H]2CC3(CCN(C(=O)Cn4c(C(F)(F)F)nc5ccccc54)CC3)OC[C@]2(C)O)n(C)c1=O. The summed E-state index contributed by atoms with van der Waals surface area (Å²) in [5.41, 5.74) is -2.40. The maximum Gasteiger partial charge on any atom is 0.449 e. The van der Waals surface area contributed by atoms with Gasteiger partial charge >= 0.3 is 11.9 Å². The fourth-order valence-electron chi connectivity index (χ4n) is 6.22. The molecule has 2 fully saturated rings. The number of halogens is 3. The Labute approximate surface area is 236 Å². The number of hydrogen-bond donors (Lipinski definition) is 1. The molecule has 0 bridgehead atoms. The summed E-state index contributed by atoms with van der Waals surface area (Å²) in [7, 11) is 2.89. The van der Waals surface area contributed by atoms with E-state index in [1.165, 1.54) is 42.0 Å². The number of alkyl halides is 3. The molecule has 12 nitrogen and oxygen atoms in total. The second-order valence-electron chi connectivity index (χ2n) is 11.5. The highest BCUT2D eigenvalue weighted by molar-refractivity contribution is 5.81. The van der Waals surface area contributed by atoms with E-state index in [-0.39, 0.29) is 41.9 Å². The Morgan fingerprint density at radius 2 is 1.83 bits per heavy atom. The number of amides is 1. The Hall–Kier alpha value is -3.98. The molecule has 0 radical (unpaired) electrons. The minimum absolute atomic E-state index is 0.0483. The number of ether oxygens (including phenoxy) is 1. The third-order valence-electron chi connectivity index (χ3n) is 8.69. The van der Waals surface area contributed by atoms with Crippen LogP contribution < -0.4 is 11.2 Å². The number of imidazole rings is 2. The van der Waals surface area contributed by atoms with E-state index in [2.05, 4.69) is 9.97 Å². The van der Waals surface area contributed by atoms with Crippen LogP contribution in [-0.4, -0.2) is 75.0 Å². The Morgan fingerprint density at radius 3 is 2.52 bits per heavy atom. The smallest absolute Gasteiger partial charge is 0.386 e. The first-order chi connectivity index (χ1) is 19.7. The second-order valence-corrected chi connectivity index (χ2v) is 11.5. The highest BCUT2D eigenvalue weighted by Gasteiger charge is 2.50. The monoisotopic (exact) mass is 589 g/mol. The van der Waals surface area contributed by atoms with Gasteiger partial charge in [-0.25, -0.2) is 14.8 Å². The Morgan fingerprint density at radius 1 is 1.14 bits per heavy atom. The number of carbonyl (C=O) groups excluding carboxylic acids is 1. The molecule has 2 saturated heterocycles. The van der Waals surface area contributed by atoms with Crippen LogP contribution in [0.4, 0.5) is 13.2 Å². The minimum Gasteiger partial charge on any atom is -0.386 e. The normalized spacial score (nSPS) is 22.8. The van der Waals surface area contributed by atoms with Crippen molar-refractivity contribution in [3.05, 3.63) is 57.3 Å². The average molecular weight is 590 g/mol. The molecule has 1 aromatic carbocycles. The first kappa shape index (κ1) is 28.2. The Kier molecular flexibility index (Phi) is 6.38. The van der Waals surface area contributed by atoms with Gasteiger partial charge in [0.05, 0.1) is 35.6 Å². The van der Waals surface area contributed by atoms with E-state index in [0.29, 0.717) is 19.3 Å². The molecular formula is C27H30F3N7O5. The molecule has 3 aromatic heterocycles. The Balaban J connectivity index is 1.24. The van der Waals surface area contributed by atoms with Crippen molar-refractivity contribution >= 4 is 28.1 Å². The summed E-state index contributed by atoms with van der Waals surface area (Å²) in [6.07, 6.45) is -2.23. The molecule has 0 unspecified atom stereocenters. The molecule has 1 spiro atoms. The second kappa shape index (κ2) is 9.52. The van der Waals surface area contributed by atoms with Crippen LogP contribution in [0.25, 0.3) is 22.2 Å². The summed E-state index contributed by atoms with van der Waals surface area (Å²) in [5.74, 6) is -1.59. The van der Waals surface area contributed by atoms with Gasteiger partial charge in [-0.2, -0.15) is 13.2 Å². The predicted octanol–water partition coefficient (Wildman–Crippen LogP) is 1.58. The van der Waals surface area contributed by atoms with Crippen molar-refractivity contribution in [3.63, 3.8) is 0 Å². The molecule has 0 saturated carbocycles. The number of carbonyl (C=O) groups is 1. The fraction of sp³-hybridized carbons (Fsp3) is 0.519. The number of para-hydroxylation sites is 2. The van der Waals surface area contributed by atoms with Crippen molar-refractivity contribution in [3.8, 4) is 0 Å². The number of likely N-dealkylation sites (tertiary alicyclic amines) is 1. The molecule has 42 heavy (non-hydrogen) atoms. The lowest BCUT2D eigenvalue weighted by molar-refractivity contribution is -0.201. The molecule has 2 atom stereocenters. The molecule has 15 heteroatoms. The van der Waals surface area contributed by atoms with Gasteiger partial charge in [0.15, 0.2) is 11.2 Å². The number of benzene rings is 1. The van der Waals surface area contributed by atoms with Crippen LogP contribution in [0.15, 0.2) is 40.2 Å². The third kappa shape index (κ3) is 4.42. The van der Waals surface area contributed by atoms with Gasteiger partial charge in [0, 0.05) is 33.6 Å². The molecule has 6 rings (SSSR count). The minimum atomic E-state index is -4.72. The van der Waals surface area contributed by atoms with Gasteiger partial charge in [-0.15, -0.1) is 0 Å². The number of hydrogen-bond acceptors (Lipinski definition) is 7. The van der Waals surface area contributed by atoms with E-state index >= 15 is 0 Å². The summed E-state index contributed by atoms with van der Waals surface area (Å²) >= 11 is 0.